The number of hydrogen-bond donors (Lipinski definition) is 1. The Labute approximate surface area is 182 Å². The highest BCUT2D eigenvalue weighted by Crippen LogP contribution is 2.38. The Kier molecular flexibility index (Phi) is 5.28. The maximum atomic E-state index is 12.1. The van der Waals surface area contributed by atoms with Crippen molar-refractivity contribution in [2.24, 2.45) is 11.8 Å². The summed E-state index contributed by atoms with van der Waals surface area (Å²) in [5.41, 5.74) is 1.89. The van der Waals surface area contributed by atoms with Crippen molar-refractivity contribution >= 4 is 27.7 Å². The van der Waals surface area contributed by atoms with Crippen LogP contribution >= 0.6 is 0 Å². The third-order valence-corrected chi connectivity index (χ3v) is 6.74. The second-order valence-electron chi connectivity index (χ2n) is 8.12. The fourth-order valence-corrected chi connectivity index (χ4v) is 4.56. The summed E-state index contributed by atoms with van der Waals surface area (Å²) in [5.74, 6) is 1.87. The smallest absolute Gasteiger partial charge is 0.223 e. The first-order chi connectivity index (χ1) is 15.1. The third-order valence-electron chi connectivity index (χ3n) is 6.05. The van der Waals surface area contributed by atoms with E-state index >= 15 is 0 Å². The molecule has 1 N–H and O–H groups in total. The van der Waals surface area contributed by atoms with Gasteiger partial charge in [0.15, 0.2) is 5.65 Å². The molecule has 0 spiro atoms. The largest absolute Gasteiger partial charge is 0.477 e. The number of rotatable bonds is 6. The molecule has 1 aliphatic heterocycles. The number of ether oxygens (including phenoxy) is 1. The molecule has 4 heterocycles. The summed E-state index contributed by atoms with van der Waals surface area (Å²) in [4.78, 5) is 15.3. The Bertz CT molecular complexity index is 1170. The predicted molar refractivity (Wildman–Crippen MR) is 115 cm³/mol. The van der Waals surface area contributed by atoms with E-state index in [9.17, 15) is 4.21 Å². The average Bonchev–Trinajstić information content (AvgIpc) is 3.44. The molecular formula is C21H23N7O2S. The topological polar surface area (TPSA) is 121 Å². The lowest BCUT2D eigenvalue weighted by Gasteiger charge is -2.32. The molecule has 160 valence electrons. The fourth-order valence-electron chi connectivity index (χ4n) is 4.12. The van der Waals surface area contributed by atoms with Crippen molar-refractivity contribution in [2.75, 3.05) is 30.9 Å². The molecule has 3 unspecified atom stereocenters. The number of nitrogens with one attached hydrogen (secondary N) is 1. The van der Waals surface area contributed by atoms with E-state index in [1.54, 1.807) is 12.5 Å². The van der Waals surface area contributed by atoms with Crippen molar-refractivity contribution in [1.29, 1.82) is 5.26 Å². The van der Waals surface area contributed by atoms with Crippen molar-refractivity contribution in [2.45, 2.75) is 30.3 Å². The molecule has 2 aliphatic rings. The zero-order valence-corrected chi connectivity index (χ0v) is 18.0. The van der Waals surface area contributed by atoms with E-state index in [0.717, 1.165) is 54.9 Å². The summed E-state index contributed by atoms with van der Waals surface area (Å²) < 4.78 is 17.9. The molecule has 0 amide bonds. The van der Waals surface area contributed by atoms with Gasteiger partial charge in [0.1, 0.15) is 5.82 Å². The minimum Gasteiger partial charge on any atom is -0.477 e. The zero-order valence-electron chi connectivity index (χ0n) is 17.2. The zero-order chi connectivity index (χ0) is 21.4. The Balaban J connectivity index is 1.30. The molecule has 2 fully saturated rings. The number of nitrogens with zero attached hydrogens (tertiary/aromatic N) is 6. The van der Waals surface area contributed by atoms with Crippen LogP contribution in [0.1, 0.15) is 30.9 Å². The molecule has 3 aromatic heterocycles. The quantitative estimate of drug-likeness (QED) is 0.584. The molecule has 31 heavy (non-hydrogen) atoms. The van der Waals surface area contributed by atoms with Gasteiger partial charge in [0, 0.05) is 54.5 Å². The molecule has 10 heteroatoms. The number of aromatic nitrogens is 5. The molecule has 1 saturated heterocycles. The number of fused-ring (bicyclic) bond motifs is 1. The van der Waals surface area contributed by atoms with E-state index in [1.807, 2.05) is 12.1 Å². The lowest BCUT2D eigenvalue weighted by atomic mass is 9.92. The van der Waals surface area contributed by atoms with Crippen molar-refractivity contribution < 1.29 is 8.95 Å². The molecular weight excluding hydrogens is 414 g/mol. The normalized spacial score (nSPS) is 22.3. The summed E-state index contributed by atoms with van der Waals surface area (Å²) in [6.45, 7) is 2.08. The highest BCUT2D eigenvalue weighted by atomic mass is 32.2. The van der Waals surface area contributed by atoms with E-state index in [0.29, 0.717) is 18.4 Å². The first kappa shape index (κ1) is 19.9. The molecule has 1 aliphatic carbocycles. The van der Waals surface area contributed by atoms with Gasteiger partial charge in [-0.25, -0.2) is 9.97 Å². The fraction of sp³-hybridized carbons (Fsp3) is 0.476. The lowest BCUT2D eigenvalue weighted by molar-refractivity contribution is 0.281. The molecule has 0 aromatic carbocycles. The van der Waals surface area contributed by atoms with Crippen LogP contribution in [-0.2, 0) is 10.8 Å². The van der Waals surface area contributed by atoms with Gasteiger partial charge in [-0.15, -0.1) is 0 Å². The summed E-state index contributed by atoms with van der Waals surface area (Å²) >= 11 is 0. The van der Waals surface area contributed by atoms with Gasteiger partial charge in [-0.2, -0.15) is 15.3 Å². The molecule has 3 atom stereocenters. The molecule has 0 bridgehead atoms. The standard InChI is InChI=1S/C21H23N7O2S/c1-31(29)21-24-17(10-18(25-21)30-12-15-9-14(15)11-22)28-7-4-13(5-8-28)19-16-3-2-6-23-20(16)27-26-19/h2-3,6,10,13-15H,4-5,7-9,12H2,1H3,(H,23,26,27). The van der Waals surface area contributed by atoms with Crippen LogP contribution in [0.15, 0.2) is 29.6 Å². The number of piperidine rings is 1. The summed E-state index contributed by atoms with van der Waals surface area (Å²) in [6, 6.07) is 8.07. The number of H-pyrrole nitrogens is 1. The molecule has 9 nitrogen and oxygen atoms in total. The van der Waals surface area contributed by atoms with E-state index < -0.39 is 10.8 Å². The molecule has 1 saturated carbocycles. The van der Waals surface area contributed by atoms with E-state index in [1.165, 1.54) is 0 Å². The molecule has 5 rings (SSSR count). The summed E-state index contributed by atoms with van der Waals surface area (Å²) in [5, 5.41) is 17.8. The van der Waals surface area contributed by atoms with E-state index in [4.69, 9.17) is 10.00 Å². The Hall–Kier alpha value is -3.06. The first-order valence-corrected chi connectivity index (χ1v) is 12.0. The monoisotopic (exact) mass is 437 g/mol. The van der Waals surface area contributed by atoms with Gasteiger partial charge in [0.25, 0.3) is 0 Å². The Morgan fingerprint density at radius 1 is 1.35 bits per heavy atom. The van der Waals surface area contributed by atoms with Gasteiger partial charge in [0.05, 0.1) is 29.4 Å². The predicted octanol–water partition coefficient (Wildman–Crippen LogP) is 2.41. The minimum absolute atomic E-state index is 0.0777. The molecule has 0 radical (unpaired) electrons. The second-order valence-corrected chi connectivity index (χ2v) is 9.39. The number of pyridine rings is 1. The van der Waals surface area contributed by atoms with Crippen LogP contribution in [0.5, 0.6) is 5.88 Å². The van der Waals surface area contributed by atoms with Gasteiger partial charge in [-0.3, -0.25) is 9.31 Å². The lowest BCUT2D eigenvalue weighted by Crippen LogP contribution is -2.34. The van der Waals surface area contributed by atoms with E-state index in [-0.39, 0.29) is 17.0 Å². The Morgan fingerprint density at radius 3 is 2.94 bits per heavy atom. The maximum Gasteiger partial charge on any atom is 0.223 e. The third kappa shape index (κ3) is 4.10. The van der Waals surface area contributed by atoms with Crippen LogP contribution in [0.3, 0.4) is 0 Å². The molecule has 3 aromatic rings. The Morgan fingerprint density at radius 2 is 2.19 bits per heavy atom. The van der Waals surface area contributed by atoms with Crippen molar-refractivity contribution in [1.82, 2.24) is 25.1 Å². The van der Waals surface area contributed by atoms with Gasteiger partial charge in [-0.1, -0.05) is 0 Å². The van der Waals surface area contributed by atoms with Crippen LogP contribution in [0.25, 0.3) is 11.0 Å². The van der Waals surface area contributed by atoms with Crippen LogP contribution < -0.4 is 9.64 Å². The van der Waals surface area contributed by atoms with Crippen LogP contribution in [0, 0.1) is 23.2 Å². The highest BCUT2D eigenvalue weighted by molar-refractivity contribution is 7.84. The van der Waals surface area contributed by atoms with Crippen LogP contribution in [0.4, 0.5) is 5.82 Å². The van der Waals surface area contributed by atoms with Gasteiger partial charge in [-0.05, 0) is 31.4 Å². The van der Waals surface area contributed by atoms with Crippen molar-refractivity contribution in [3.8, 4) is 11.9 Å². The highest BCUT2D eigenvalue weighted by Gasteiger charge is 2.38. The average molecular weight is 438 g/mol. The number of anilines is 1. The van der Waals surface area contributed by atoms with Gasteiger partial charge >= 0.3 is 0 Å². The number of hydrogen-bond acceptors (Lipinski definition) is 8. The van der Waals surface area contributed by atoms with E-state index in [2.05, 4.69) is 42.2 Å². The summed E-state index contributed by atoms with van der Waals surface area (Å²) in [7, 11) is -1.31. The van der Waals surface area contributed by atoms with Crippen LogP contribution in [0.2, 0.25) is 0 Å². The van der Waals surface area contributed by atoms with Crippen molar-refractivity contribution in [3.63, 3.8) is 0 Å². The first-order valence-electron chi connectivity index (χ1n) is 10.4. The van der Waals surface area contributed by atoms with Crippen molar-refractivity contribution in [3.05, 3.63) is 30.1 Å². The SMILES string of the molecule is CS(=O)c1nc(OCC2CC2C#N)cc(N2CCC(c3[nH]nc4ncccc34)CC2)n1. The second kappa shape index (κ2) is 8.23. The van der Waals surface area contributed by atoms with Gasteiger partial charge in [0.2, 0.25) is 11.0 Å². The summed E-state index contributed by atoms with van der Waals surface area (Å²) in [6.07, 6.45) is 6.08. The maximum absolute atomic E-state index is 12.1. The van der Waals surface area contributed by atoms with Gasteiger partial charge < -0.3 is 9.64 Å². The minimum atomic E-state index is -1.31. The van der Waals surface area contributed by atoms with Crippen LogP contribution in [-0.4, -0.2) is 55.3 Å². The number of aromatic amines is 1. The number of nitriles is 1.